The molecular formula is C14H17N3O3S. The number of ether oxygens (including phenoxy) is 1. The van der Waals surface area contributed by atoms with E-state index in [0.29, 0.717) is 18.1 Å². The van der Waals surface area contributed by atoms with Crippen LogP contribution < -0.4 is 14.8 Å². The van der Waals surface area contributed by atoms with E-state index >= 15 is 0 Å². The maximum atomic E-state index is 12.2. The number of methoxy groups -OCH3 is 1. The van der Waals surface area contributed by atoms with Crippen molar-refractivity contribution in [2.45, 2.75) is 11.4 Å². The third kappa shape index (κ3) is 3.93. The minimum Gasteiger partial charge on any atom is -0.481 e. The topological polar surface area (TPSA) is 80.3 Å². The molecule has 2 aromatic rings. The lowest BCUT2D eigenvalue weighted by Crippen LogP contribution is -2.13. The molecule has 0 bridgehead atoms. The summed E-state index contributed by atoms with van der Waals surface area (Å²) in [7, 11) is -0.281. The molecule has 1 heterocycles. The summed E-state index contributed by atoms with van der Waals surface area (Å²) in [6.07, 6.45) is 1.41. The van der Waals surface area contributed by atoms with Crippen molar-refractivity contribution in [1.29, 1.82) is 0 Å². The Bertz CT molecular complexity index is 682. The Kier molecular flexibility index (Phi) is 4.77. The van der Waals surface area contributed by atoms with Gasteiger partial charge in [-0.05, 0) is 30.8 Å². The molecule has 0 saturated heterocycles. The van der Waals surface area contributed by atoms with Crippen molar-refractivity contribution in [3.63, 3.8) is 0 Å². The van der Waals surface area contributed by atoms with Crippen LogP contribution in [0.2, 0.25) is 0 Å². The first kappa shape index (κ1) is 15.3. The van der Waals surface area contributed by atoms with E-state index in [2.05, 4.69) is 15.0 Å². The summed E-state index contributed by atoms with van der Waals surface area (Å²) >= 11 is 0. The number of rotatable bonds is 6. The molecule has 0 fully saturated rings. The molecule has 2 N–H and O–H groups in total. The van der Waals surface area contributed by atoms with Gasteiger partial charge in [-0.2, -0.15) is 0 Å². The Hall–Kier alpha value is -2.12. The summed E-state index contributed by atoms with van der Waals surface area (Å²) < 4.78 is 31.9. The monoisotopic (exact) mass is 307 g/mol. The van der Waals surface area contributed by atoms with Crippen molar-refractivity contribution >= 4 is 15.7 Å². The Morgan fingerprint density at radius 2 is 1.86 bits per heavy atom. The van der Waals surface area contributed by atoms with E-state index in [1.54, 1.807) is 36.4 Å². The normalized spacial score (nSPS) is 11.1. The summed E-state index contributed by atoms with van der Waals surface area (Å²) in [4.78, 5) is 4.16. The first-order chi connectivity index (χ1) is 10.0. The highest BCUT2D eigenvalue weighted by Gasteiger charge is 2.14. The van der Waals surface area contributed by atoms with Gasteiger partial charge in [-0.3, -0.25) is 4.72 Å². The van der Waals surface area contributed by atoms with Gasteiger partial charge in [-0.1, -0.05) is 12.1 Å². The van der Waals surface area contributed by atoms with Crippen molar-refractivity contribution < 1.29 is 13.2 Å². The highest BCUT2D eigenvalue weighted by Crippen LogP contribution is 2.17. The van der Waals surface area contributed by atoms with Gasteiger partial charge in [-0.25, -0.2) is 13.4 Å². The number of hydrogen-bond acceptors (Lipinski definition) is 5. The Balaban J connectivity index is 2.16. The molecule has 0 radical (unpaired) electrons. The van der Waals surface area contributed by atoms with E-state index in [0.717, 1.165) is 5.56 Å². The molecule has 0 saturated carbocycles. The fourth-order valence-corrected chi connectivity index (χ4v) is 2.81. The molecule has 7 heteroatoms. The predicted octanol–water partition coefficient (Wildman–Crippen LogP) is 1.61. The van der Waals surface area contributed by atoms with Crippen LogP contribution in [0.4, 0.5) is 5.69 Å². The first-order valence-corrected chi connectivity index (χ1v) is 7.80. The third-order valence-electron chi connectivity index (χ3n) is 2.81. The van der Waals surface area contributed by atoms with Gasteiger partial charge in [0.2, 0.25) is 5.88 Å². The van der Waals surface area contributed by atoms with E-state index < -0.39 is 10.0 Å². The lowest BCUT2D eigenvalue weighted by Gasteiger charge is -2.09. The molecule has 21 heavy (non-hydrogen) atoms. The molecule has 0 aliphatic carbocycles. The summed E-state index contributed by atoms with van der Waals surface area (Å²) in [5, 5.41) is 3.01. The molecule has 1 aromatic heterocycles. The molecule has 0 amide bonds. The second kappa shape index (κ2) is 6.55. The Morgan fingerprint density at radius 1 is 1.14 bits per heavy atom. The van der Waals surface area contributed by atoms with Crippen molar-refractivity contribution in [2.75, 3.05) is 18.9 Å². The van der Waals surface area contributed by atoms with Crippen LogP contribution in [-0.2, 0) is 16.6 Å². The number of benzene rings is 1. The maximum Gasteiger partial charge on any atom is 0.261 e. The van der Waals surface area contributed by atoms with Gasteiger partial charge < -0.3 is 10.1 Å². The largest absolute Gasteiger partial charge is 0.481 e. The number of nitrogens with zero attached hydrogens (tertiary/aromatic N) is 1. The molecule has 0 atom stereocenters. The highest BCUT2D eigenvalue weighted by molar-refractivity contribution is 7.92. The summed E-state index contributed by atoms with van der Waals surface area (Å²) in [6.45, 7) is 0.691. The van der Waals surface area contributed by atoms with Crippen LogP contribution in [0.15, 0.2) is 47.5 Å². The Labute approximate surface area is 124 Å². The lowest BCUT2D eigenvalue weighted by molar-refractivity contribution is 0.398. The van der Waals surface area contributed by atoms with Gasteiger partial charge >= 0.3 is 0 Å². The number of hydrogen-bond donors (Lipinski definition) is 2. The standard InChI is InChI=1S/C14H17N3O3S/c1-15-9-11-3-6-13(7-4-11)21(18,19)17-12-5-8-14(20-2)16-10-12/h3-8,10,15,17H,9H2,1-2H3. The highest BCUT2D eigenvalue weighted by atomic mass is 32.2. The predicted molar refractivity (Wildman–Crippen MR) is 80.8 cm³/mol. The van der Waals surface area contributed by atoms with Gasteiger partial charge in [0.1, 0.15) is 0 Å². The average Bonchev–Trinajstić information content (AvgIpc) is 2.48. The smallest absolute Gasteiger partial charge is 0.261 e. The van der Waals surface area contributed by atoms with E-state index in [1.165, 1.54) is 13.3 Å². The second-order valence-corrected chi connectivity index (χ2v) is 6.05. The van der Waals surface area contributed by atoms with Gasteiger partial charge in [0.25, 0.3) is 10.0 Å². The minimum atomic E-state index is -3.62. The molecule has 112 valence electrons. The quantitative estimate of drug-likeness (QED) is 0.847. The number of pyridine rings is 1. The lowest BCUT2D eigenvalue weighted by atomic mass is 10.2. The van der Waals surface area contributed by atoms with E-state index in [-0.39, 0.29) is 4.90 Å². The van der Waals surface area contributed by atoms with Crippen LogP contribution in [0.25, 0.3) is 0 Å². The molecule has 0 aliphatic heterocycles. The van der Waals surface area contributed by atoms with E-state index in [4.69, 9.17) is 4.74 Å². The molecule has 0 aliphatic rings. The van der Waals surface area contributed by atoms with Crippen LogP contribution in [0.5, 0.6) is 5.88 Å². The van der Waals surface area contributed by atoms with Crippen molar-refractivity contribution in [2.24, 2.45) is 0 Å². The molecule has 6 nitrogen and oxygen atoms in total. The van der Waals surface area contributed by atoms with E-state index in [1.807, 2.05) is 7.05 Å². The zero-order chi connectivity index (χ0) is 15.3. The van der Waals surface area contributed by atoms with Gasteiger partial charge in [0, 0.05) is 12.6 Å². The van der Waals surface area contributed by atoms with Crippen LogP contribution in [0.1, 0.15) is 5.56 Å². The van der Waals surface area contributed by atoms with Crippen molar-refractivity contribution in [3.8, 4) is 5.88 Å². The average molecular weight is 307 g/mol. The molecule has 0 spiro atoms. The van der Waals surface area contributed by atoms with Crippen LogP contribution >= 0.6 is 0 Å². The zero-order valence-electron chi connectivity index (χ0n) is 11.8. The van der Waals surface area contributed by atoms with Crippen LogP contribution in [0.3, 0.4) is 0 Å². The van der Waals surface area contributed by atoms with Gasteiger partial charge in [0.15, 0.2) is 0 Å². The summed E-state index contributed by atoms with van der Waals surface area (Å²) in [5.74, 6) is 0.425. The van der Waals surface area contributed by atoms with E-state index in [9.17, 15) is 8.42 Å². The number of nitrogens with one attached hydrogen (secondary N) is 2. The fraction of sp³-hybridized carbons (Fsp3) is 0.214. The number of aromatic nitrogens is 1. The summed E-state index contributed by atoms with van der Waals surface area (Å²) in [6, 6.07) is 9.89. The molecule has 0 unspecified atom stereocenters. The van der Waals surface area contributed by atoms with Crippen molar-refractivity contribution in [3.05, 3.63) is 48.2 Å². The fourth-order valence-electron chi connectivity index (χ4n) is 1.77. The number of anilines is 1. The second-order valence-electron chi connectivity index (χ2n) is 4.37. The minimum absolute atomic E-state index is 0.207. The summed E-state index contributed by atoms with van der Waals surface area (Å²) in [5.41, 5.74) is 1.40. The van der Waals surface area contributed by atoms with Crippen LogP contribution in [-0.4, -0.2) is 27.6 Å². The molecular weight excluding hydrogens is 290 g/mol. The van der Waals surface area contributed by atoms with Crippen LogP contribution in [0, 0.1) is 0 Å². The van der Waals surface area contributed by atoms with Crippen molar-refractivity contribution in [1.82, 2.24) is 10.3 Å². The zero-order valence-corrected chi connectivity index (χ0v) is 12.6. The molecule has 1 aromatic carbocycles. The first-order valence-electron chi connectivity index (χ1n) is 6.31. The third-order valence-corrected chi connectivity index (χ3v) is 4.21. The number of sulfonamides is 1. The molecule has 2 rings (SSSR count). The Morgan fingerprint density at radius 3 is 2.38 bits per heavy atom. The van der Waals surface area contributed by atoms with Gasteiger partial charge in [-0.15, -0.1) is 0 Å². The van der Waals surface area contributed by atoms with Gasteiger partial charge in [0.05, 0.1) is 23.9 Å². The maximum absolute atomic E-state index is 12.2. The SMILES string of the molecule is CNCc1ccc(S(=O)(=O)Nc2ccc(OC)nc2)cc1.